The van der Waals surface area contributed by atoms with Gasteiger partial charge in [-0.1, -0.05) is 28.1 Å². The van der Waals surface area contributed by atoms with Gasteiger partial charge >= 0.3 is 0 Å². The number of hydrogen-bond donors (Lipinski definition) is 2. The Hall–Kier alpha value is -0.910. The summed E-state index contributed by atoms with van der Waals surface area (Å²) in [6, 6.07) is 7.51. The number of carbonyl (C=O) groups excluding carboxylic acids is 1. The lowest BCUT2D eigenvalue weighted by Gasteiger charge is -2.27. The number of halogens is 1. The van der Waals surface area contributed by atoms with Gasteiger partial charge in [0.05, 0.1) is 0 Å². The number of ether oxygens (including phenoxy) is 1. The van der Waals surface area contributed by atoms with Crippen LogP contribution in [0.15, 0.2) is 28.7 Å². The fourth-order valence-corrected chi connectivity index (χ4v) is 3.28. The zero-order valence-electron chi connectivity index (χ0n) is 12.3. The highest BCUT2D eigenvalue weighted by atomic mass is 79.9. The molecule has 3 N–H and O–H groups in total. The summed E-state index contributed by atoms with van der Waals surface area (Å²) in [5.41, 5.74) is 6.46. The number of nitrogens with two attached hydrogens (primary N) is 1. The predicted octanol–water partition coefficient (Wildman–Crippen LogP) is 2.77. The average Bonchev–Trinajstić information content (AvgIpc) is 2.45. The highest BCUT2D eigenvalue weighted by Crippen LogP contribution is 2.23. The van der Waals surface area contributed by atoms with Gasteiger partial charge in [0.15, 0.2) is 0 Å². The lowest BCUT2D eigenvalue weighted by Crippen LogP contribution is -2.40. The Labute approximate surface area is 134 Å². The lowest BCUT2D eigenvalue weighted by molar-refractivity contribution is -0.120. The second-order valence-electron chi connectivity index (χ2n) is 5.75. The van der Waals surface area contributed by atoms with Crippen molar-refractivity contribution in [1.29, 1.82) is 0 Å². The summed E-state index contributed by atoms with van der Waals surface area (Å²) in [5.74, 6) is 0.323. The van der Waals surface area contributed by atoms with E-state index in [1.165, 1.54) is 0 Å². The van der Waals surface area contributed by atoms with Gasteiger partial charge in [-0.25, -0.2) is 0 Å². The first-order chi connectivity index (χ1) is 10.1. The van der Waals surface area contributed by atoms with E-state index in [4.69, 9.17) is 10.5 Å². The summed E-state index contributed by atoms with van der Waals surface area (Å²) in [4.78, 5) is 11.8. The number of rotatable bonds is 6. The van der Waals surface area contributed by atoms with Crippen LogP contribution in [0.4, 0.5) is 0 Å². The van der Waals surface area contributed by atoms with E-state index in [1.807, 2.05) is 24.3 Å². The topological polar surface area (TPSA) is 64.3 Å². The van der Waals surface area contributed by atoms with Gasteiger partial charge in [0, 0.05) is 23.7 Å². The maximum atomic E-state index is 11.8. The molecule has 4 nitrogen and oxygen atoms in total. The minimum atomic E-state index is -0.447. The minimum absolute atomic E-state index is 0.240. The van der Waals surface area contributed by atoms with Crippen molar-refractivity contribution in [1.82, 2.24) is 5.32 Å². The van der Waals surface area contributed by atoms with Crippen molar-refractivity contribution in [3.63, 3.8) is 0 Å². The molecule has 1 aromatic carbocycles. The third kappa shape index (κ3) is 5.09. The fraction of sp³-hybridized carbons (Fsp3) is 0.562. The zero-order chi connectivity index (χ0) is 15.2. The second-order valence-corrected chi connectivity index (χ2v) is 6.67. The van der Waals surface area contributed by atoms with E-state index in [0.29, 0.717) is 5.92 Å². The van der Waals surface area contributed by atoms with E-state index < -0.39 is 6.04 Å². The minimum Gasteiger partial charge on any atom is -0.381 e. The van der Waals surface area contributed by atoms with E-state index in [1.54, 1.807) is 0 Å². The SMILES string of the molecule is CC(CC1CCOCC1)NC(C(N)=O)c1cccc(Br)c1. The summed E-state index contributed by atoms with van der Waals surface area (Å²) in [6.07, 6.45) is 3.25. The zero-order valence-corrected chi connectivity index (χ0v) is 13.9. The van der Waals surface area contributed by atoms with E-state index in [2.05, 4.69) is 28.2 Å². The maximum Gasteiger partial charge on any atom is 0.239 e. The first-order valence-electron chi connectivity index (χ1n) is 7.45. The lowest BCUT2D eigenvalue weighted by atomic mass is 9.92. The molecule has 1 aliphatic rings. The maximum absolute atomic E-state index is 11.8. The normalized spacial score (nSPS) is 19.1. The van der Waals surface area contributed by atoms with Crippen LogP contribution in [0.1, 0.15) is 37.8 Å². The van der Waals surface area contributed by atoms with Gasteiger partial charge in [-0.05, 0) is 49.8 Å². The van der Waals surface area contributed by atoms with E-state index in [-0.39, 0.29) is 11.9 Å². The summed E-state index contributed by atoms with van der Waals surface area (Å²) < 4.78 is 6.33. The van der Waals surface area contributed by atoms with Crippen molar-refractivity contribution < 1.29 is 9.53 Å². The van der Waals surface area contributed by atoms with Crippen molar-refractivity contribution in [3.8, 4) is 0 Å². The molecule has 2 unspecified atom stereocenters. The Kier molecular flexibility index (Phi) is 6.21. The van der Waals surface area contributed by atoms with E-state index >= 15 is 0 Å². The van der Waals surface area contributed by atoms with Crippen LogP contribution in [-0.2, 0) is 9.53 Å². The predicted molar refractivity (Wildman–Crippen MR) is 86.8 cm³/mol. The summed E-state index contributed by atoms with van der Waals surface area (Å²) in [6.45, 7) is 3.81. The number of benzene rings is 1. The smallest absolute Gasteiger partial charge is 0.239 e. The van der Waals surface area contributed by atoms with Gasteiger partial charge in [-0.3, -0.25) is 10.1 Å². The van der Waals surface area contributed by atoms with E-state index in [0.717, 1.165) is 42.5 Å². The molecule has 2 atom stereocenters. The number of carbonyl (C=O) groups is 1. The molecule has 0 bridgehead atoms. The molecule has 0 radical (unpaired) electrons. The van der Waals surface area contributed by atoms with Crippen molar-refractivity contribution in [3.05, 3.63) is 34.3 Å². The van der Waals surface area contributed by atoms with Crippen molar-refractivity contribution in [2.45, 2.75) is 38.3 Å². The molecule has 0 aliphatic carbocycles. The average molecular weight is 355 g/mol. The number of nitrogens with one attached hydrogen (secondary N) is 1. The molecule has 0 aromatic heterocycles. The van der Waals surface area contributed by atoms with Crippen LogP contribution in [0.2, 0.25) is 0 Å². The number of amides is 1. The highest BCUT2D eigenvalue weighted by molar-refractivity contribution is 9.10. The summed E-state index contributed by atoms with van der Waals surface area (Å²) >= 11 is 3.43. The molecule has 1 aliphatic heterocycles. The van der Waals surface area contributed by atoms with E-state index in [9.17, 15) is 4.79 Å². The van der Waals surface area contributed by atoms with Gasteiger partial charge in [-0.15, -0.1) is 0 Å². The molecule has 116 valence electrons. The van der Waals surface area contributed by atoms with Gasteiger partial charge in [0.25, 0.3) is 0 Å². The Morgan fingerprint density at radius 2 is 2.19 bits per heavy atom. The molecule has 2 rings (SSSR count). The molecule has 0 saturated carbocycles. The first kappa shape index (κ1) is 16.5. The van der Waals surface area contributed by atoms with Gasteiger partial charge in [0.2, 0.25) is 5.91 Å². The number of hydrogen-bond acceptors (Lipinski definition) is 3. The molecule has 21 heavy (non-hydrogen) atoms. The van der Waals surface area contributed by atoms with Crippen LogP contribution in [-0.4, -0.2) is 25.2 Å². The fourth-order valence-electron chi connectivity index (χ4n) is 2.86. The van der Waals surface area contributed by atoms with Crippen molar-refractivity contribution in [2.24, 2.45) is 11.7 Å². The van der Waals surface area contributed by atoms with Crippen molar-refractivity contribution >= 4 is 21.8 Å². The largest absolute Gasteiger partial charge is 0.381 e. The number of primary amides is 1. The Morgan fingerprint density at radius 1 is 1.48 bits per heavy atom. The third-order valence-corrected chi connectivity index (χ3v) is 4.44. The van der Waals surface area contributed by atoms with Crippen molar-refractivity contribution in [2.75, 3.05) is 13.2 Å². The quantitative estimate of drug-likeness (QED) is 0.825. The molecular formula is C16H23BrN2O2. The Morgan fingerprint density at radius 3 is 2.81 bits per heavy atom. The van der Waals surface area contributed by atoms with Crippen LogP contribution in [0.25, 0.3) is 0 Å². The second kappa shape index (κ2) is 7.92. The van der Waals surface area contributed by atoms with Gasteiger partial charge in [0.1, 0.15) is 6.04 Å². The summed E-state index contributed by atoms with van der Waals surface area (Å²) in [5, 5.41) is 3.37. The molecule has 0 spiro atoms. The van der Waals surface area contributed by atoms with Crippen LogP contribution >= 0.6 is 15.9 Å². The first-order valence-corrected chi connectivity index (χ1v) is 8.24. The van der Waals surface area contributed by atoms with Gasteiger partial charge in [-0.2, -0.15) is 0 Å². The molecular weight excluding hydrogens is 332 g/mol. The van der Waals surface area contributed by atoms with Crippen LogP contribution in [0.5, 0.6) is 0 Å². The molecule has 1 amide bonds. The Bertz CT molecular complexity index is 475. The van der Waals surface area contributed by atoms with Crippen LogP contribution < -0.4 is 11.1 Å². The monoisotopic (exact) mass is 354 g/mol. The summed E-state index contributed by atoms with van der Waals surface area (Å²) in [7, 11) is 0. The Balaban J connectivity index is 1.97. The van der Waals surface area contributed by atoms with Crippen LogP contribution in [0, 0.1) is 5.92 Å². The van der Waals surface area contributed by atoms with Gasteiger partial charge < -0.3 is 10.5 Å². The third-order valence-electron chi connectivity index (χ3n) is 3.95. The highest BCUT2D eigenvalue weighted by Gasteiger charge is 2.23. The molecule has 1 fully saturated rings. The molecule has 1 aromatic rings. The molecule has 1 saturated heterocycles. The van der Waals surface area contributed by atoms with Crippen LogP contribution in [0.3, 0.4) is 0 Å². The standard InChI is InChI=1S/C16H23BrN2O2/c1-11(9-12-5-7-21-8-6-12)19-15(16(18)20)13-3-2-4-14(17)10-13/h2-4,10-12,15,19H,5-9H2,1H3,(H2,18,20). The molecule has 5 heteroatoms. The molecule has 1 heterocycles.